The van der Waals surface area contributed by atoms with Crippen LogP contribution in [0.5, 0.6) is 11.5 Å². The van der Waals surface area contributed by atoms with E-state index in [9.17, 15) is 4.79 Å². The van der Waals surface area contributed by atoms with Crippen LogP contribution in [0.1, 0.15) is 48.7 Å². The van der Waals surface area contributed by atoms with E-state index in [0.717, 1.165) is 31.4 Å². The quantitative estimate of drug-likeness (QED) is 0.736. The van der Waals surface area contributed by atoms with Gasteiger partial charge < -0.3 is 19.7 Å². The normalized spacial score (nSPS) is 16.4. The Bertz CT molecular complexity index is 827. The van der Waals surface area contributed by atoms with Crippen molar-refractivity contribution in [2.75, 3.05) is 32.2 Å². The van der Waals surface area contributed by atoms with E-state index in [-0.39, 0.29) is 5.91 Å². The molecule has 1 aliphatic rings. The van der Waals surface area contributed by atoms with Crippen molar-refractivity contribution in [1.29, 1.82) is 0 Å². The fourth-order valence-corrected chi connectivity index (χ4v) is 3.75. The third kappa shape index (κ3) is 5.16. The fraction of sp³-hybridized carbons (Fsp3) is 0.500. The van der Waals surface area contributed by atoms with E-state index in [1.165, 1.54) is 6.42 Å². The first-order chi connectivity index (χ1) is 14.2. The Morgan fingerprint density at radius 2 is 2.03 bits per heavy atom. The van der Waals surface area contributed by atoms with E-state index < -0.39 is 0 Å². The van der Waals surface area contributed by atoms with Crippen LogP contribution in [0.4, 0.5) is 5.95 Å². The minimum absolute atomic E-state index is 0.181. The van der Waals surface area contributed by atoms with Crippen LogP contribution in [0.3, 0.4) is 0 Å². The maximum absolute atomic E-state index is 12.6. The van der Waals surface area contributed by atoms with Crippen molar-refractivity contribution in [1.82, 2.24) is 15.3 Å². The molecule has 0 bridgehead atoms. The number of methoxy groups -OCH3 is 2. The van der Waals surface area contributed by atoms with Crippen LogP contribution in [0, 0.1) is 0 Å². The van der Waals surface area contributed by atoms with Crippen LogP contribution < -0.4 is 19.7 Å². The van der Waals surface area contributed by atoms with Crippen molar-refractivity contribution in [2.24, 2.45) is 0 Å². The van der Waals surface area contributed by atoms with Crippen molar-refractivity contribution < 1.29 is 14.3 Å². The minimum atomic E-state index is -0.181. The summed E-state index contributed by atoms with van der Waals surface area (Å²) in [4.78, 5) is 23.8. The monoisotopic (exact) mass is 398 g/mol. The van der Waals surface area contributed by atoms with Gasteiger partial charge in [0.15, 0.2) is 11.5 Å². The zero-order chi connectivity index (χ0) is 20.6. The lowest BCUT2D eigenvalue weighted by Crippen LogP contribution is -2.40. The number of anilines is 1. The highest BCUT2D eigenvalue weighted by Crippen LogP contribution is 2.27. The maximum atomic E-state index is 12.6. The Kier molecular flexibility index (Phi) is 7.27. The molecule has 2 aromatic rings. The molecule has 1 fully saturated rings. The topological polar surface area (TPSA) is 76.6 Å². The Labute approximate surface area is 172 Å². The van der Waals surface area contributed by atoms with Gasteiger partial charge in [-0.1, -0.05) is 13.0 Å². The highest BCUT2D eigenvalue weighted by Gasteiger charge is 2.23. The number of ether oxygens (including phenoxy) is 2. The number of nitrogens with zero attached hydrogens (tertiary/aromatic N) is 3. The van der Waals surface area contributed by atoms with E-state index in [4.69, 9.17) is 9.47 Å². The number of carbonyl (C=O) groups excluding carboxylic acids is 1. The van der Waals surface area contributed by atoms with Crippen molar-refractivity contribution in [3.8, 4) is 11.5 Å². The summed E-state index contributed by atoms with van der Waals surface area (Å²) in [5.74, 6) is 1.85. The summed E-state index contributed by atoms with van der Waals surface area (Å²) < 4.78 is 10.6. The van der Waals surface area contributed by atoms with Gasteiger partial charge in [-0.2, -0.15) is 0 Å². The summed E-state index contributed by atoms with van der Waals surface area (Å²) in [6, 6.07) is 7.88. The zero-order valence-corrected chi connectivity index (χ0v) is 17.5. The smallest absolute Gasteiger partial charge is 0.270 e. The van der Waals surface area contributed by atoms with Crippen LogP contribution in [0.15, 0.2) is 30.5 Å². The van der Waals surface area contributed by atoms with Crippen molar-refractivity contribution in [3.05, 3.63) is 41.7 Å². The van der Waals surface area contributed by atoms with Gasteiger partial charge in [0.25, 0.3) is 5.91 Å². The predicted molar refractivity (Wildman–Crippen MR) is 113 cm³/mol. The van der Waals surface area contributed by atoms with E-state index in [2.05, 4.69) is 27.1 Å². The zero-order valence-electron chi connectivity index (χ0n) is 17.5. The van der Waals surface area contributed by atoms with Crippen molar-refractivity contribution in [3.63, 3.8) is 0 Å². The van der Waals surface area contributed by atoms with E-state index in [1.54, 1.807) is 26.5 Å². The Morgan fingerprint density at radius 3 is 2.79 bits per heavy atom. The molecule has 1 saturated heterocycles. The Morgan fingerprint density at radius 1 is 1.21 bits per heavy atom. The lowest BCUT2D eigenvalue weighted by molar-refractivity contribution is 0.0949. The first kappa shape index (κ1) is 20.9. The molecule has 29 heavy (non-hydrogen) atoms. The van der Waals surface area contributed by atoms with Gasteiger partial charge in [-0.15, -0.1) is 0 Å². The summed E-state index contributed by atoms with van der Waals surface area (Å²) >= 11 is 0. The van der Waals surface area contributed by atoms with Crippen LogP contribution in [-0.4, -0.2) is 49.2 Å². The number of rotatable bonds is 8. The molecule has 1 atom stereocenters. The predicted octanol–water partition coefficient (Wildman–Crippen LogP) is 3.24. The molecule has 1 aliphatic heterocycles. The van der Waals surface area contributed by atoms with E-state index in [1.807, 2.05) is 18.2 Å². The lowest BCUT2D eigenvalue weighted by atomic mass is 10.0. The molecule has 7 heteroatoms. The van der Waals surface area contributed by atoms with E-state index >= 15 is 0 Å². The van der Waals surface area contributed by atoms with Gasteiger partial charge in [0.05, 0.1) is 14.2 Å². The third-order valence-corrected chi connectivity index (χ3v) is 5.38. The van der Waals surface area contributed by atoms with Gasteiger partial charge in [0.1, 0.15) is 5.69 Å². The number of amides is 1. The fourth-order valence-electron chi connectivity index (χ4n) is 3.75. The van der Waals surface area contributed by atoms with Gasteiger partial charge >= 0.3 is 0 Å². The first-order valence-electron chi connectivity index (χ1n) is 10.2. The Hall–Kier alpha value is -2.83. The molecule has 0 radical (unpaired) electrons. The number of piperidine rings is 1. The third-order valence-electron chi connectivity index (χ3n) is 5.38. The van der Waals surface area contributed by atoms with Crippen molar-refractivity contribution >= 4 is 11.9 Å². The second kappa shape index (κ2) is 10.1. The Balaban J connectivity index is 1.60. The van der Waals surface area contributed by atoms with Crippen molar-refractivity contribution in [2.45, 2.75) is 45.1 Å². The van der Waals surface area contributed by atoms with Crippen LogP contribution in [0.2, 0.25) is 0 Å². The highest BCUT2D eigenvalue weighted by molar-refractivity contribution is 5.92. The number of benzene rings is 1. The van der Waals surface area contributed by atoms with Gasteiger partial charge in [-0.3, -0.25) is 4.79 Å². The molecule has 1 amide bonds. The molecule has 1 N–H and O–H groups in total. The summed E-state index contributed by atoms with van der Waals surface area (Å²) in [6.45, 7) is 3.64. The average Bonchev–Trinajstić information content (AvgIpc) is 2.78. The summed E-state index contributed by atoms with van der Waals surface area (Å²) in [5.41, 5.74) is 1.47. The molecule has 0 spiro atoms. The van der Waals surface area contributed by atoms with Gasteiger partial charge in [-0.05, 0) is 55.9 Å². The second-order valence-electron chi connectivity index (χ2n) is 7.19. The van der Waals surface area contributed by atoms with Gasteiger partial charge in [0, 0.05) is 25.3 Å². The molecule has 0 aliphatic carbocycles. The standard InChI is InChI=1S/C22H30N4O3/c1-4-17-7-5-6-14-26(17)22-24-13-11-18(25-22)21(27)23-12-10-16-8-9-19(28-2)20(15-16)29-3/h8-9,11,13,15,17H,4-7,10,12,14H2,1-3H3,(H,23,27). The summed E-state index contributed by atoms with van der Waals surface area (Å²) in [7, 11) is 3.22. The maximum Gasteiger partial charge on any atom is 0.270 e. The number of nitrogens with one attached hydrogen (secondary N) is 1. The molecule has 1 aromatic carbocycles. The van der Waals surface area contributed by atoms with Crippen LogP contribution in [0.25, 0.3) is 0 Å². The number of aromatic nitrogens is 2. The minimum Gasteiger partial charge on any atom is -0.493 e. The van der Waals surface area contributed by atoms with Gasteiger partial charge in [0.2, 0.25) is 5.95 Å². The molecule has 0 saturated carbocycles. The summed E-state index contributed by atoms with van der Waals surface area (Å²) in [6.07, 6.45) is 6.96. The number of hydrogen-bond donors (Lipinski definition) is 1. The van der Waals surface area contributed by atoms with Crippen LogP contribution in [-0.2, 0) is 6.42 Å². The van der Waals surface area contributed by atoms with Crippen LogP contribution >= 0.6 is 0 Å². The number of hydrogen-bond acceptors (Lipinski definition) is 6. The number of carbonyl (C=O) groups is 1. The molecule has 7 nitrogen and oxygen atoms in total. The molecule has 2 heterocycles. The first-order valence-corrected chi connectivity index (χ1v) is 10.2. The highest BCUT2D eigenvalue weighted by atomic mass is 16.5. The molecular formula is C22H30N4O3. The summed E-state index contributed by atoms with van der Waals surface area (Å²) in [5, 5.41) is 2.95. The lowest BCUT2D eigenvalue weighted by Gasteiger charge is -2.35. The molecule has 1 aromatic heterocycles. The molecule has 3 rings (SSSR count). The molecule has 156 valence electrons. The average molecular weight is 399 g/mol. The van der Waals surface area contributed by atoms with E-state index in [0.29, 0.717) is 42.1 Å². The molecular weight excluding hydrogens is 368 g/mol. The van der Waals surface area contributed by atoms with Gasteiger partial charge in [-0.25, -0.2) is 9.97 Å². The molecule has 1 unspecified atom stereocenters. The largest absolute Gasteiger partial charge is 0.493 e. The second-order valence-corrected chi connectivity index (χ2v) is 7.19. The SMILES string of the molecule is CCC1CCCCN1c1nccc(C(=O)NCCc2ccc(OC)c(OC)c2)n1.